The third-order valence-electron chi connectivity index (χ3n) is 6.05. The summed E-state index contributed by atoms with van der Waals surface area (Å²) in [7, 11) is 0. The lowest BCUT2D eigenvalue weighted by atomic mass is 9.98. The number of aryl methyl sites for hydroxylation is 2. The smallest absolute Gasteiger partial charge is 0.255 e. The van der Waals surface area contributed by atoms with Gasteiger partial charge in [0.1, 0.15) is 11.5 Å². The Bertz CT molecular complexity index is 1110. The normalized spacial score (nSPS) is 13.6. The van der Waals surface area contributed by atoms with E-state index in [0.29, 0.717) is 30.8 Å². The largest absolute Gasteiger partial charge is 0.466 e. The van der Waals surface area contributed by atoms with Gasteiger partial charge in [-0.2, -0.15) is 0 Å². The van der Waals surface area contributed by atoms with E-state index in [9.17, 15) is 9.59 Å². The minimum Gasteiger partial charge on any atom is -0.466 e. The monoisotopic (exact) mass is 416 g/mol. The second-order valence-electron chi connectivity index (χ2n) is 8.17. The molecule has 0 unspecified atom stereocenters. The maximum absolute atomic E-state index is 12.8. The van der Waals surface area contributed by atoms with Crippen molar-refractivity contribution in [2.75, 3.05) is 6.54 Å². The molecule has 1 fully saturated rings. The molecule has 1 saturated heterocycles. The number of nitrogens with zero attached hydrogens (tertiary/aromatic N) is 1. The van der Waals surface area contributed by atoms with E-state index >= 15 is 0 Å². The van der Waals surface area contributed by atoms with Gasteiger partial charge in [-0.1, -0.05) is 48.5 Å². The van der Waals surface area contributed by atoms with Gasteiger partial charge < -0.3 is 14.6 Å². The van der Waals surface area contributed by atoms with Crippen molar-refractivity contribution in [2.45, 2.75) is 46.7 Å². The number of hydrogen-bond acceptors (Lipinski definition) is 3. The lowest BCUT2D eigenvalue weighted by molar-refractivity contribution is -0.128. The Labute approximate surface area is 183 Å². The quantitative estimate of drug-likeness (QED) is 0.620. The Hall–Kier alpha value is -3.34. The summed E-state index contributed by atoms with van der Waals surface area (Å²) in [6.45, 7) is 7.55. The van der Waals surface area contributed by atoms with E-state index in [4.69, 9.17) is 4.42 Å². The van der Waals surface area contributed by atoms with Crippen LogP contribution < -0.4 is 5.32 Å². The Morgan fingerprint density at radius 1 is 1.03 bits per heavy atom. The van der Waals surface area contributed by atoms with Crippen LogP contribution in [0.5, 0.6) is 0 Å². The lowest BCUT2D eigenvalue weighted by Gasteiger charge is -2.16. The summed E-state index contributed by atoms with van der Waals surface area (Å²) >= 11 is 0. The van der Waals surface area contributed by atoms with Crippen LogP contribution in [0.4, 0.5) is 0 Å². The number of hydrogen-bond donors (Lipinski definition) is 1. The number of amides is 2. The summed E-state index contributed by atoms with van der Waals surface area (Å²) < 4.78 is 5.59. The highest BCUT2D eigenvalue weighted by Crippen LogP contribution is 2.26. The molecule has 0 aliphatic carbocycles. The van der Waals surface area contributed by atoms with Crippen molar-refractivity contribution in [3.8, 4) is 11.1 Å². The molecule has 5 heteroatoms. The van der Waals surface area contributed by atoms with Gasteiger partial charge in [0.2, 0.25) is 5.91 Å². The molecule has 0 spiro atoms. The van der Waals surface area contributed by atoms with Crippen molar-refractivity contribution >= 4 is 11.8 Å². The van der Waals surface area contributed by atoms with E-state index in [1.165, 1.54) is 0 Å². The average Bonchev–Trinajstić information content (AvgIpc) is 3.28. The van der Waals surface area contributed by atoms with E-state index in [0.717, 1.165) is 46.5 Å². The van der Waals surface area contributed by atoms with Gasteiger partial charge in [-0.25, -0.2) is 0 Å². The highest BCUT2D eigenvalue weighted by Gasteiger charge is 2.20. The number of benzene rings is 2. The van der Waals surface area contributed by atoms with Crippen LogP contribution in [-0.4, -0.2) is 23.3 Å². The Balaban J connectivity index is 1.48. The van der Waals surface area contributed by atoms with Crippen molar-refractivity contribution in [3.05, 3.63) is 82.3 Å². The predicted molar refractivity (Wildman–Crippen MR) is 121 cm³/mol. The second kappa shape index (κ2) is 8.80. The summed E-state index contributed by atoms with van der Waals surface area (Å²) in [4.78, 5) is 26.5. The molecule has 2 heterocycles. The van der Waals surface area contributed by atoms with Crippen molar-refractivity contribution in [1.82, 2.24) is 10.2 Å². The molecule has 2 amide bonds. The van der Waals surface area contributed by atoms with Crippen LogP contribution in [0.3, 0.4) is 0 Å². The SMILES string of the molecule is Cc1oc(C)c(C(=O)NCc2ccccc2-c2ccc(CN3CCCC3=O)cc2)c1C. The summed E-state index contributed by atoms with van der Waals surface area (Å²) in [5, 5.41) is 3.04. The zero-order valence-corrected chi connectivity index (χ0v) is 18.3. The molecule has 4 rings (SSSR count). The molecule has 0 saturated carbocycles. The highest BCUT2D eigenvalue weighted by molar-refractivity contribution is 5.96. The fourth-order valence-electron chi connectivity index (χ4n) is 4.23. The van der Waals surface area contributed by atoms with Gasteiger partial charge in [0, 0.05) is 31.6 Å². The summed E-state index contributed by atoms with van der Waals surface area (Å²) in [5.74, 6) is 1.54. The van der Waals surface area contributed by atoms with Crippen molar-refractivity contribution < 1.29 is 14.0 Å². The third-order valence-corrected chi connectivity index (χ3v) is 6.05. The van der Waals surface area contributed by atoms with Gasteiger partial charge in [0.25, 0.3) is 5.91 Å². The number of nitrogens with one attached hydrogen (secondary N) is 1. The maximum Gasteiger partial charge on any atom is 0.255 e. The first-order valence-corrected chi connectivity index (χ1v) is 10.7. The molecule has 160 valence electrons. The van der Waals surface area contributed by atoms with Gasteiger partial charge in [-0.05, 0) is 49.4 Å². The minimum absolute atomic E-state index is 0.118. The molecule has 5 nitrogen and oxygen atoms in total. The standard InChI is InChI=1S/C26H28N2O3/c1-17-18(2)31-19(3)25(17)26(30)27-15-22-7-4-5-8-23(22)21-12-10-20(11-13-21)16-28-14-6-9-24(28)29/h4-5,7-8,10-13H,6,9,14-16H2,1-3H3,(H,27,30). The second-order valence-corrected chi connectivity index (χ2v) is 8.17. The van der Waals surface area contributed by atoms with Gasteiger partial charge in [0.15, 0.2) is 0 Å². The van der Waals surface area contributed by atoms with Crippen LogP contribution in [-0.2, 0) is 17.9 Å². The molecule has 0 radical (unpaired) electrons. The molecule has 31 heavy (non-hydrogen) atoms. The Morgan fingerprint density at radius 3 is 2.42 bits per heavy atom. The van der Waals surface area contributed by atoms with E-state index in [1.807, 2.05) is 43.9 Å². The first-order valence-electron chi connectivity index (χ1n) is 10.7. The van der Waals surface area contributed by atoms with Crippen LogP contribution in [0, 0.1) is 20.8 Å². The fourth-order valence-corrected chi connectivity index (χ4v) is 4.23. The Morgan fingerprint density at radius 2 is 1.77 bits per heavy atom. The molecule has 1 N–H and O–H groups in total. The number of rotatable bonds is 6. The Kier molecular flexibility index (Phi) is 5.94. The molecule has 2 aromatic carbocycles. The molecule has 1 aliphatic rings. The number of likely N-dealkylation sites (tertiary alicyclic amines) is 1. The van der Waals surface area contributed by atoms with Gasteiger partial charge >= 0.3 is 0 Å². The molecular weight excluding hydrogens is 388 g/mol. The van der Waals surface area contributed by atoms with Gasteiger partial charge in [-0.3, -0.25) is 9.59 Å². The maximum atomic E-state index is 12.8. The number of carbonyl (C=O) groups is 2. The first-order chi connectivity index (χ1) is 14.9. The van der Waals surface area contributed by atoms with Crippen LogP contribution in [0.15, 0.2) is 52.9 Å². The molecule has 0 bridgehead atoms. The number of furan rings is 1. The van der Waals surface area contributed by atoms with Crippen LogP contribution >= 0.6 is 0 Å². The summed E-state index contributed by atoms with van der Waals surface area (Å²) in [6, 6.07) is 16.4. The van der Waals surface area contributed by atoms with Crippen LogP contribution in [0.1, 0.15) is 51.4 Å². The lowest BCUT2D eigenvalue weighted by Crippen LogP contribution is -2.24. The predicted octanol–water partition coefficient (Wildman–Crippen LogP) is 4.92. The third kappa shape index (κ3) is 4.41. The summed E-state index contributed by atoms with van der Waals surface area (Å²) in [6.07, 6.45) is 1.61. The van der Waals surface area contributed by atoms with Gasteiger partial charge in [0.05, 0.1) is 5.56 Å². The first kappa shape index (κ1) is 20.9. The summed E-state index contributed by atoms with van der Waals surface area (Å²) in [5.41, 5.74) is 5.86. The number of carbonyl (C=O) groups excluding carboxylic acids is 2. The van der Waals surface area contributed by atoms with Gasteiger partial charge in [-0.15, -0.1) is 0 Å². The van der Waals surface area contributed by atoms with Crippen molar-refractivity contribution in [2.24, 2.45) is 0 Å². The van der Waals surface area contributed by atoms with E-state index in [1.54, 1.807) is 0 Å². The molecule has 1 aromatic heterocycles. The van der Waals surface area contributed by atoms with E-state index in [2.05, 4.69) is 35.6 Å². The van der Waals surface area contributed by atoms with Crippen molar-refractivity contribution in [1.29, 1.82) is 0 Å². The molecular formula is C26H28N2O3. The zero-order valence-electron chi connectivity index (χ0n) is 18.3. The van der Waals surface area contributed by atoms with E-state index in [-0.39, 0.29) is 11.8 Å². The van der Waals surface area contributed by atoms with E-state index < -0.39 is 0 Å². The average molecular weight is 417 g/mol. The zero-order chi connectivity index (χ0) is 22.0. The molecule has 3 aromatic rings. The minimum atomic E-state index is -0.118. The topological polar surface area (TPSA) is 62.6 Å². The molecule has 1 aliphatic heterocycles. The van der Waals surface area contributed by atoms with Crippen LogP contribution in [0.25, 0.3) is 11.1 Å². The van der Waals surface area contributed by atoms with Crippen molar-refractivity contribution in [3.63, 3.8) is 0 Å². The molecule has 0 atom stereocenters. The highest BCUT2D eigenvalue weighted by atomic mass is 16.3. The fraction of sp³-hybridized carbons (Fsp3) is 0.308. The van der Waals surface area contributed by atoms with Crippen LogP contribution in [0.2, 0.25) is 0 Å².